The lowest BCUT2D eigenvalue weighted by Gasteiger charge is -2.39. The van der Waals surface area contributed by atoms with E-state index in [-0.39, 0.29) is 18.2 Å². The fourth-order valence-electron chi connectivity index (χ4n) is 4.20. The molecule has 142 valence electrons. The number of amides is 2. The number of rotatable bonds is 3. The van der Waals surface area contributed by atoms with E-state index < -0.39 is 11.5 Å². The number of piperidine rings is 1. The van der Waals surface area contributed by atoms with E-state index >= 15 is 0 Å². The number of nitrogens with zero attached hydrogens (tertiary/aromatic N) is 3. The van der Waals surface area contributed by atoms with Crippen molar-refractivity contribution in [2.75, 3.05) is 18.0 Å². The predicted octanol–water partition coefficient (Wildman–Crippen LogP) is 3.53. The summed E-state index contributed by atoms with van der Waals surface area (Å²) in [6, 6.07) is 18.6. The summed E-state index contributed by atoms with van der Waals surface area (Å²) in [4.78, 5) is 28.8. The van der Waals surface area contributed by atoms with Crippen LogP contribution >= 0.6 is 11.6 Å². The van der Waals surface area contributed by atoms with Crippen LogP contribution in [0.3, 0.4) is 0 Å². The highest BCUT2D eigenvalue weighted by molar-refractivity contribution is 6.30. The van der Waals surface area contributed by atoms with E-state index in [9.17, 15) is 14.9 Å². The molecular formula is C22H20ClN3O2. The summed E-state index contributed by atoms with van der Waals surface area (Å²) < 4.78 is 0. The van der Waals surface area contributed by atoms with Crippen molar-refractivity contribution in [2.45, 2.75) is 30.7 Å². The van der Waals surface area contributed by atoms with E-state index in [1.165, 1.54) is 4.90 Å². The largest absolute Gasteiger partial charge is 0.291 e. The number of halogens is 1. The number of carbonyl (C=O) groups excluding carboxylic acids is 2. The van der Waals surface area contributed by atoms with Gasteiger partial charge in [-0.1, -0.05) is 41.9 Å². The van der Waals surface area contributed by atoms with Crippen molar-refractivity contribution in [2.24, 2.45) is 0 Å². The standard InChI is InChI=1S/C22H20ClN3O2/c23-17-6-8-18(9-7-17)26-20(27)14-19(21(26)28)25-12-10-22(15-24,11-13-25)16-4-2-1-3-5-16/h1-9,19H,10-14H2/t19-/m1/s1. The third-order valence-electron chi connectivity index (χ3n) is 5.84. The van der Waals surface area contributed by atoms with Gasteiger partial charge in [0.2, 0.25) is 5.91 Å². The van der Waals surface area contributed by atoms with Gasteiger partial charge >= 0.3 is 0 Å². The highest BCUT2D eigenvalue weighted by Gasteiger charge is 2.46. The molecule has 6 heteroatoms. The molecule has 2 amide bonds. The summed E-state index contributed by atoms with van der Waals surface area (Å²) in [5.74, 6) is -0.394. The Hall–Kier alpha value is -2.68. The molecule has 28 heavy (non-hydrogen) atoms. The lowest BCUT2D eigenvalue weighted by molar-refractivity contribution is -0.123. The van der Waals surface area contributed by atoms with E-state index in [1.807, 2.05) is 30.3 Å². The first-order valence-electron chi connectivity index (χ1n) is 9.37. The van der Waals surface area contributed by atoms with Crippen LogP contribution in [-0.4, -0.2) is 35.8 Å². The molecule has 2 heterocycles. The van der Waals surface area contributed by atoms with Crippen LogP contribution in [0.15, 0.2) is 54.6 Å². The minimum absolute atomic E-state index is 0.173. The highest BCUT2D eigenvalue weighted by Crippen LogP contribution is 2.37. The Balaban J connectivity index is 1.49. The molecule has 2 aliphatic heterocycles. The number of anilines is 1. The van der Waals surface area contributed by atoms with Crippen molar-refractivity contribution in [3.8, 4) is 6.07 Å². The first-order valence-corrected chi connectivity index (χ1v) is 9.75. The summed E-state index contributed by atoms with van der Waals surface area (Å²) in [7, 11) is 0. The van der Waals surface area contributed by atoms with Crippen LogP contribution in [0, 0.1) is 11.3 Å². The Morgan fingerprint density at radius 1 is 1.00 bits per heavy atom. The van der Waals surface area contributed by atoms with Crippen molar-refractivity contribution in [1.29, 1.82) is 5.26 Å². The van der Waals surface area contributed by atoms with Gasteiger partial charge < -0.3 is 0 Å². The Morgan fingerprint density at radius 2 is 1.64 bits per heavy atom. The van der Waals surface area contributed by atoms with E-state index in [0.29, 0.717) is 36.6 Å². The fraction of sp³-hybridized carbons (Fsp3) is 0.318. The highest BCUT2D eigenvalue weighted by atomic mass is 35.5. The third kappa shape index (κ3) is 3.19. The van der Waals surface area contributed by atoms with Gasteiger partial charge in [0, 0.05) is 18.1 Å². The number of carbonyl (C=O) groups is 2. The molecule has 0 bridgehead atoms. The molecule has 4 rings (SSSR count). The Kier molecular flexibility index (Phi) is 4.92. The maximum atomic E-state index is 13.0. The third-order valence-corrected chi connectivity index (χ3v) is 6.09. The molecule has 2 fully saturated rings. The lowest BCUT2D eigenvalue weighted by atomic mass is 9.74. The van der Waals surface area contributed by atoms with Crippen LogP contribution in [0.4, 0.5) is 5.69 Å². The molecule has 0 unspecified atom stereocenters. The molecule has 0 saturated carbocycles. The number of benzene rings is 2. The number of nitriles is 1. The molecule has 2 saturated heterocycles. The average Bonchev–Trinajstić information content (AvgIpc) is 3.03. The van der Waals surface area contributed by atoms with E-state index in [4.69, 9.17) is 11.6 Å². The second-order valence-electron chi connectivity index (χ2n) is 7.36. The van der Waals surface area contributed by atoms with Crippen LogP contribution in [0.5, 0.6) is 0 Å². The first-order chi connectivity index (χ1) is 13.5. The Morgan fingerprint density at radius 3 is 2.25 bits per heavy atom. The van der Waals surface area contributed by atoms with Crippen molar-refractivity contribution in [3.63, 3.8) is 0 Å². The van der Waals surface area contributed by atoms with Crippen molar-refractivity contribution >= 4 is 29.1 Å². The first kappa shape index (κ1) is 18.7. The Bertz CT molecular complexity index is 929. The second kappa shape index (κ2) is 7.38. The number of imide groups is 1. The van der Waals surface area contributed by atoms with E-state index in [0.717, 1.165) is 5.56 Å². The van der Waals surface area contributed by atoms with Gasteiger partial charge in [0.05, 0.1) is 29.6 Å². The normalized spacial score (nSPS) is 22.3. The lowest BCUT2D eigenvalue weighted by Crippen LogP contribution is -2.49. The van der Waals surface area contributed by atoms with E-state index in [2.05, 4.69) is 11.0 Å². The minimum atomic E-state index is -0.528. The number of hydrogen-bond acceptors (Lipinski definition) is 4. The van der Waals surface area contributed by atoms with Gasteiger partial charge in [-0.05, 0) is 42.7 Å². The number of likely N-dealkylation sites (tertiary alicyclic amines) is 1. The van der Waals surface area contributed by atoms with Crippen LogP contribution < -0.4 is 4.90 Å². The average molecular weight is 394 g/mol. The molecule has 0 aliphatic carbocycles. The second-order valence-corrected chi connectivity index (χ2v) is 7.80. The molecule has 2 aromatic carbocycles. The summed E-state index contributed by atoms with van der Waals surface area (Å²) in [5, 5.41) is 10.4. The van der Waals surface area contributed by atoms with Gasteiger partial charge in [-0.2, -0.15) is 5.26 Å². The molecular weight excluding hydrogens is 374 g/mol. The SMILES string of the molecule is N#CC1(c2ccccc2)CCN([C@@H]2CC(=O)N(c3ccc(Cl)cc3)C2=O)CC1. The van der Waals surface area contributed by atoms with Gasteiger partial charge in [0.25, 0.3) is 5.91 Å². The molecule has 2 aliphatic rings. The van der Waals surface area contributed by atoms with E-state index in [1.54, 1.807) is 24.3 Å². The van der Waals surface area contributed by atoms with Crippen molar-refractivity contribution < 1.29 is 9.59 Å². The zero-order valence-electron chi connectivity index (χ0n) is 15.3. The quantitative estimate of drug-likeness (QED) is 0.748. The maximum absolute atomic E-state index is 13.0. The zero-order chi connectivity index (χ0) is 19.7. The van der Waals surface area contributed by atoms with Crippen LogP contribution in [-0.2, 0) is 15.0 Å². The van der Waals surface area contributed by atoms with Gasteiger partial charge in [-0.25, -0.2) is 4.90 Å². The molecule has 2 aromatic rings. The molecule has 0 spiro atoms. The number of hydrogen-bond donors (Lipinski definition) is 0. The smallest absolute Gasteiger partial charge is 0.251 e. The molecule has 0 aromatic heterocycles. The van der Waals surface area contributed by atoms with Gasteiger partial charge in [0.15, 0.2) is 0 Å². The molecule has 0 radical (unpaired) electrons. The van der Waals surface area contributed by atoms with Gasteiger partial charge in [-0.3, -0.25) is 14.5 Å². The predicted molar refractivity (Wildman–Crippen MR) is 107 cm³/mol. The molecule has 0 N–H and O–H groups in total. The van der Waals surface area contributed by atoms with Crippen LogP contribution in [0.25, 0.3) is 0 Å². The molecule has 5 nitrogen and oxygen atoms in total. The summed E-state index contributed by atoms with van der Waals surface area (Å²) in [5.41, 5.74) is 1.04. The maximum Gasteiger partial charge on any atom is 0.251 e. The summed E-state index contributed by atoms with van der Waals surface area (Å²) in [6.07, 6.45) is 1.46. The van der Waals surface area contributed by atoms with Crippen LogP contribution in [0.1, 0.15) is 24.8 Å². The van der Waals surface area contributed by atoms with Gasteiger partial charge in [-0.15, -0.1) is 0 Å². The Labute approximate surface area is 169 Å². The van der Waals surface area contributed by atoms with Gasteiger partial charge in [0.1, 0.15) is 0 Å². The van der Waals surface area contributed by atoms with Crippen molar-refractivity contribution in [3.05, 3.63) is 65.2 Å². The fourth-order valence-corrected chi connectivity index (χ4v) is 4.33. The minimum Gasteiger partial charge on any atom is -0.291 e. The van der Waals surface area contributed by atoms with Crippen molar-refractivity contribution in [1.82, 2.24) is 4.90 Å². The summed E-state index contributed by atoms with van der Waals surface area (Å²) in [6.45, 7) is 1.22. The topological polar surface area (TPSA) is 64.4 Å². The summed E-state index contributed by atoms with van der Waals surface area (Å²) >= 11 is 5.91. The van der Waals surface area contributed by atoms with Crippen LogP contribution in [0.2, 0.25) is 5.02 Å². The monoisotopic (exact) mass is 393 g/mol. The molecule has 1 atom stereocenters. The zero-order valence-corrected chi connectivity index (χ0v) is 16.1.